The van der Waals surface area contributed by atoms with E-state index in [0.717, 1.165) is 12.8 Å². The third-order valence-corrected chi connectivity index (χ3v) is 3.93. The molecule has 2 aromatic carbocycles. The Morgan fingerprint density at radius 2 is 1.70 bits per heavy atom. The summed E-state index contributed by atoms with van der Waals surface area (Å²) in [7, 11) is 0. The minimum atomic E-state index is 1.06. The van der Waals surface area contributed by atoms with E-state index < -0.39 is 0 Å². The fourth-order valence-corrected chi connectivity index (χ4v) is 2.99. The molecule has 2 aromatic rings. The van der Waals surface area contributed by atoms with Crippen LogP contribution in [0.3, 0.4) is 0 Å². The summed E-state index contributed by atoms with van der Waals surface area (Å²) in [5.74, 6) is 0. The Morgan fingerprint density at radius 1 is 0.900 bits per heavy atom. The van der Waals surface area contributed by atoms with Crippen molar-refractivity contribution in [2.75, 3.05) is 0 Å². The van der Waals surface area contributed by atoms with Crippen LogP contribution < -0.4 is 0 Å². The highest BCUT2D eigenvalue weighted by atomic mass is 14.2. The fraction of sp³-hybridized carbons (Fsp3) is 0.100. The van der Waals surface area contributed by atoms with Gasteiger partial charge in [-0.1, -0.05) is 73.9 Å². The number of allylic oxidation sites excluding steroid dienone is 6. The lowest BCUT2D eigenvalue weighted by Crippen LogP contribution is -1.98. The van der Waals surface area contributed by atoms with Gasteiger partial charge in [0, 0.05) is 0 Å². The molecule has 0 nitrogen and oxygen atoms in total. The topological polar surface area (TPSA) is 0 Å². The summed E-state index contributed by atoms with van der Waals surface area (Å²) in [6.07, 6.45) is 8.27. The van der Waals surface area contributed by atoms with Crippen molar-refractivity contribution in [3.8, 4) is 0 Å². The van der Waals surface area contributed by atoms with Crippen molar-refractivity contribution in [2.24, 2.45) is 0 Å². The van der Waals surface area contributed by atoms with Crippen LogP contribution in [0.25, 0.3) is 16.3 Å². The van der Waals surface area contributed by atoms with E-state index in [-0.39, 0.29) is 0 Å². The first kappa shape index (κ1) is 12.7. The molecular formula is C20H18. The zero-order valence-electron chi connectivity index (χ0n) is 11.6. The van der Waals surface area contributed by atoms with Crippen LogP contribution in [0.5, 0.6) is 0 Å². The predicted octanol–water partition coefficient (Wildman–Crippen LogP) is 5.69. The second-order valence-electron chi connectivity index (χ2n) is 5.03. The second-order valence-corrected chi connectivity index (χ2v) is 5.03. The van der Waals surface area contributed by atoms with Crippen LogP contribution in [0.15, 0.2) is 85.0 Å². The van der Waals surface area contributed by atoms with Crippen molar-refractivity contribution in [2.45, 2.75) is 12.8 Å². The van der Waals surface area contributed by atoms with Crippen LogP contribution in [-0.2, 0) is 0 Å². The molecule has 0 heteroatoms. The second kappa shape index (κ2) is 5.34. The maximum atomic E-state index is 3.99. The number of fused-ring (bicyclic) bond motifs is 1. The molecule has 0 heterocycles. The molecule has 1 aliphatic rings. The normalized spacial score (nSPS) is 15.1. The van der Waals surface area contributed by atoms with Crippen LogP contribution >= 0.6 is 0 Å². The van der Waals surface area contributed by atoms with E-state index in [1.54, 1.807) is 0 Å². The van der Waals surface area contributed by atoms with Crippen LogP contribution in [0, 0.1) is 0 Å². The molecule has 3 rings (SSSR count). The van der Waals surface area contributed by atoms with Crippen molar-refractivity contribution in [1.82, 2.24) is 0 Å². The number of hydrogen-bond acceptors (Lipinski definition) is 0. The number of rotatable bonds is 3. The van der Waals surface area contributed by atoms with E-state index in [0.29, 0.717) is 0 Å². The molecule has 98 valence electrons. The van der Waals surface area contributed by atoms with E-state index in [2.05, 4.69) is 61.7 Å². The molecule has 0 atom stereocenters. The van der Waals surface area contributed by atoms with Gasteiger partial charge in [0.25, 0.3) is 0 Å². The van der Waals surface area contributed by atoms with E-state index >= 15 is 0 Å². The lowest BCUT2D eigenvalue weighted by Gasteiger charge is -2.19. The Morgan fingerprint density at radius 3 is 2.50 bits per heavy atom. The molecule has 0 aromatic heterocycles. The quantitative estimate of drug-likeness (QED) is 0.664. The predicted molar refractivity (Wildman–Crippen MR) is 88.6 cm³/mol. The van der Waals surface area contributed by atoms with Crippen LogP contribution in [0.4, 0.5) is 0 Å². The standard InChI is InChI=1S/C20H18/c1-3-15-10-7-13-19(17(15)4-2)20-14-8-11-16-9-5-6-12-18(16)20/h3-6,8-12,14H,1-2,7,13H2. The summed E-state index contributed by atoms with van der Waals surface area (Å²) >= 11 is 0. The Labute approximate surface area is 120 Å². The van der Waals surface area contributed by atoms with Gasteiger partial charge in [-0.05, 0) is 45.9 Å². The van der Waals surface area contributed by atoms with Gasteiger partial charge in [-0.3, -0.25) is 0 Å². The highest BCUT2D eigenvalue weighted by molar-refractivity contribution is 5.96. The smallest absolute Gasteiger partial charge is 0.0108 e. The summed E-state index contributed by atoms with van der Waals surface area (Å²) in [6, 6.07) is 15.1. The van der Waals surface area contributed by atoms with Crippen LogP contribution in [0.1, 0.15) is 18.4 Å². The van der Waals surface area contributed by atoms with Crippen LogP contribution in [0.2, 0.25) is 0 Å². The molecule has 0 N–H and O–H groups in total. The molecule has 0 radical (unpaired) electrons. The van der Waals surface area contributed by atoms with Gasteiger partial charge in [-0.25, -0.2) is 0 Å². The van der Waals surface area contributed by atoms with E-state index in [1.807, 2.05) is 12.2 Å². The molecule has 1 aliphatic carbocycles. The molecule has 0 spiro atoms. The first-order valence-corrected chi connectivity index (χ1v) is 7.02. The van der Waals surface area contributed by atoms with Gasteiger partial charge in [0.05, 0.1) is 0 Å². The van der Waals surface area contributed by atoms with Gasteiger partial charge in [0.2, 0.25) is 0 Å². The molecule has 20 heavy (non-hydrogen) atoms. The maximum Gasteiger partial charge on any atom is -0.0108 e. The highest BCUT2D eigenvalue weighted by Gasteiger charge is 2.15. The Kier molecular flexibility index (Phi) is 3.39. The van der Waals surface area contributed by atoms with E-state index in [4.69, 9.17) is 0 Å². The summed E-state index contributed by atoms with van der Waals surface area (Å²) < 4.78 is 0. The van der Waals surface area contributed by atoms with Gasteiger partial charge < -0.3 is 0 Å². The third-order valence-electron chi connectivity index (χ3n) is 3.93. The summed E-state index contributed by atoms with van der Waals surface area (Å²) in [6.45, 7) is 7.91. The highest BCUT2D eigenvalue weighted by Crippen LogP contribution is 2.36. The Balaban J connectivity index is 2.29. The van der Waals surface area contributed by atoms with Gasteiger partial charge in [0.1, 0.15) is 0 Å². The molecule has 0 unspecified atom stereocenters. The van der Waals surface area contributed by atoms with Gasteiger partial charge in [-0.15, -0.1) is 0 Å². The average molecular weight is 258 g/mol. The third kappa shape index (κ3) is 2.04. The molecular weight excluding hydrogens is 240 g/mol. The number of hydrogen-bond donors (Lipinski definition) is 0. The van der Waals surface area contributed by atoms with Gasteiger partial charge >= 0.3 is 0 Å². The lowest BCUT2D eigenvalue weighted by atomic mass is 9.85. The monoisotopic (exact) mass is 258 g/mol. The van der Waals surface area contributed by atoms with Crippen LogP contribution in [-0.4, -0.2) is 0 Å². The molecule has 0 fully saturated rings. The first-order valence-electron chi connectivity index (χ1n) is 7.02. The fourth-order valence-electron chi connectivity index (χ4n) is 2.99. The molecule has 0 bridgehead atoms. The Hall–Kier alpha value is -2.34. The lowest BCUT2D eigenvalue weighted by molar-refractivity contribution is 1.03. The average Bonchev–Trinajstić information content (AvgIpc) is 2.53. The van der Waals surface area contributed by atoms with E-state index in [1.165, 1.54) is 33.1 Å². The summed E-state index contributed by atoms with van der Waals surface area (Å²) in [4.78, 5) is 0. The van der Waals surface area contributed by atoms with Gasteiger partial charge in [0.15, 0.2) is 0 Å². The molecule has 0 saturated carbocycles. The van der Waals surface area contributed by atoms with Crippen molar-refractivity contribution < 1.29 is 0 Å². The Bertz CT molecular complexity index is 736. The minimum absolute atomic E-state index is 1.06. The van der Waals surface area contributed by atoms with Crippen molar-refractivity contribution in [1.29, 1.82) is 0 Å². The first-order chi connectivity index (χ1) is 9.85. The zero-order chi connectivity index (χ0) is 13.9. The molecule has 0 aliphatic heterocycles. The van der Waals surface area contributed by atoms with Gasteiger partial charge in [-0.2, -0.15) is 0 Å². The SMILES string of the molecule is C=CC1=CCCC(c2cccc3ccccc23)=C1C=C. The molecule has 0 amide bonds. The van der Waals surface area contributed by atoms with Crippen molar-refractivity contribution in [3.63, 3.8) is 0 Å². The van der Waals surface area contributed by atoms with Crippen molar-refractivity contribution >= 4 is 16.3 Å². The zero-order valence-corrected chi connectivity index (χ0v) is 11.6. The maximum absolute atomic E-state index is 3.99. The van der Waals surface area contributed by atoms with Crippen molar-refractivity contribution in [3.05, 3.63) is 90.6 Å². The molecule has 0 saturated heterocycles. The summed E-state index contributed by atoms with van der Waals surface area (Å²) in [5, 5.41) is 2.60. The minimum Gasteiger partial charge on any atom is -0.0985 e. The largest absolute Gasteiger partial charge is 0.0985 e. The number of benzene rings is 2. The summed E-state index contributed by atoms with van der Waals surface area (Å²) in [5.41, 5.74) is 5.14. The van der Waals surface area contributed by atoms with E-state index in [9.17, 15) is 0 Å².